The van der Waals surface area contributed by atoms with Gasteiger partial charge in [-0.1, -0.05) is 30.3 Å². The summed E-state index contributed by atoms with van der Waals surface area (Å²) in [6.45, 7) is 0.790. The molecule has 0 spiro atoms. The van der Waals surface area contributed by atoms with Gasteiger partial charge in [0.1, 0.15) is 11.9 Å². The highest BCUT2D eigenvalue weighted by atomic mass is 16.5. The molecule has 0 atom stereocenters. The van der Waals surface area contributed by atoms with Gasteiger partial charge >= 0.3 is 5.91 Å². The van der Waals surface area contributed by atoms with Gasteiger partial charge in [0.2, 0.25) is 0 Å². The van der Waals surface area contributed by atoms with E-state index in [9.17, 15) is 9.59 Å². The summed E-state index contributed by atoms with van der Waals surface area (Å²) in [7, 11) is 0. The Bertz CT molecular complexity index is 1110. The number of hydrogen-bond donors (Lipinski definition) is 0. The molecule has 1 aliphatic rings. The zero-order chi connectivity index (χ0) is 21.7. The summed E-state index contributed by atoms with van der Waals surface area (Å²) in [4.78, 5) is 28.0. The van der Waals surface area contributed by atoms with E-state index in [1.54, 1.807) is 29.1 Å². The summed E-state index contributed by atoms with van der Waals surface area (Å²) in [5.74, 6) is 1.69. The van der Waals surface area contributed by atoms with Gasteiger partial charge in [0, 0.05) is 44.7 Å². The quantitative estimate of drug-likeness (QED) is 0.554. The number of ketones is 1. The zero-order valence-corrected chi connectivity index (χ0v) is 17.2. The molecule has 0 aliphatic carbocycles. The van der Waals surface area contributed by atoms with Gasteiger partial charge in [0.25, 0.3) is 0 Å². The number of aryl methyl sites for hydroxylation is 1. The number of hydrogen-bond acceptors (Lipinski definition) is 5. The van der Waals surface area contributed by atoms with Crippen LogP contribution in [-0.2, 0) is 20.7 Å². The number of nitrogens with zero attached hydrogens (tertiary/aromatic N) is 4. The number of rotatable bonds is 7. The Kier molecular flexibility index (Phi) is 6.10. The van der Waals surface area contributed by atoms with Crippen molar-refractivity contribution < 1.29 is 14.3 Å². The highest BCUT2D eigenvalue weighted by Crippen LogP contribution is 2.35. The maximum absolute atomic E-state index is 13.6. The molecule has 3 aromatic rings. The summed E-state index contributed by atoms with van der Waals surface area (Å²) in [5.41, 5.74) is 1.27. The normalized spacial score (nSPS) is 15.3. The number of amides is 1. The van der Waals surface area contributed by atoms with Gasteiger partial charge in [0.05, 0.1) is 5.69 Å². The third-order valence-corrected chi connectivity index (χ3v) is 5.85. The van der Waals surface area contributed by atoms with Crippen LogP contribution in [0.25, 0.3) is 5.65 Å². The second kappa shape index (κ2) is 9.11. The average Bonchev–Trinajstić information content (AvgIpc) is 3.28. The third kappa shape index (κ3) is 4.21. The average molecular weight is 416 g/mol. The maximum Gasteiger partial charge on any atom is 0.303 e. The van der Waals surface area contributed by atoms with Crippen LogP contribution in [-0.4, -0.2) is 45.0 Å². The largest absolute Gasteiger partial charge is 0.381 e. The standard InChI is InChI=1S/C24H24N4O3/c1-2-23(30)28(20-11-14-27-18-25-26-22(27)17-20)24(12-15-31-16-13-24)21(29)10-6-9-19-7-4-3-5-8-19/h1,3-5,7-8,11,14,17-18H,6,9-10,12-13,15-16H2. The first-order chi connectivity index (χ1) is 15.1. The Morgan fingerprint density at radius 2 is 1.97 bits per heavy atom. The molecule has 4 rings (SSSR count). The van der Waals surface area contributed by atoms with Crippen LogP contribution < -0.4 is 4.90 Å². The van der Waals surface area contributed by atoms with Gasteiger partial charge in [-0.3, -0.25) is 18.9 Å². The van der Waals surface area contributed by atoms with Crippen molar-refractivity contribution in [1.29, 1.82) is 0 Å². The molecule has 7 nitrogen and oxygen atoms in total. The monoisotopic (exact) mass is 416 g/mol. The minimum absolute atomic E-state index is 0.0108. The van der Waals surface area contributed by atoms with Crippen molar-refractivity contribution in [3.63, 3.8) is 0 Å². The van der Waals surface area contributed by atoms with E-state index in [1.807, 2.05) is 18.2 Å². The molecule has 1 aromatic carbocycles. The molecule has 31 heavy (non-hydrogen) atoms. The Hall–Kier alpha value is -3.50. The molecule has 7 heteroatoms. The van der Waals surface area contributed by atoms with E-state index in [1.165, 1.54) is 10.5 Å². The van der Waals surface area contributed by atoms with Crippen LogP contribution in [0.1, 0.15) is 31.2 Å². The molecule has 1 fully saturated rings. The number of ether oxygens (including phenoxy) is 1. The first-order valence-corrected chi connectivity index (χ1v) is 10.4. The molecule has 158 valence electrons. The molecule has 2 aromatic heterocycles. The van der Waals surface area contributed by atoms with Gasteiger partial charge in [0.15, 0.2) is 11.4 Å². The SMILES string of the molecule is C#CC(=O)N(c1ccn2cnnc2c1)C1(C(=O)CCCc2ccccc2)CCOCC1. The molecular weight excluding hydrogens is 392 g/mol. The lowest BCUT2D eigenvalue weighted by atomic mass is 9.80. The Morgan fingerprint density at radius 3 is 2.71 bits per heavy atom. The molecule has 0 bridgehead atoms. The summed E-state index contributed by atoms with van der Waals surface area (Å²) in [6.07, 6.45) is 11.5. The van der Waals surface area contributed by atoms with E-state index in [-0.39, 0.29) is 5.78 Å². The maximum atomic E-state index is 13.6. The third-order valence-electron chi connectivity index (χ3n) is 5.85. The number of anilines is 1. The number of aromatic nitrogens is 3. The number of carbonyl (C=O) groups is 2. The van der Waals surface area contributed by atoms with Crippen molar-refractivity contribution in [3.8, 4) is 12.3 Å². The lowest BCUT2D eigenvalue weighted by Crippen LogP contribution is -2.60. The van der Waals surface area contributed by atoms with Crippen LogP contribution in [0, 0.1) is 12.3 Å². The highest BCUT2D eigenvalue weighted by Gasteiger charge is 2.47. The number of pyridine rings is 1. The van der Waals surface area contributed by atoms with E-state index >= 15 is 0 Å². The van der Waals surface area contributed by atoms with E-state index in [0.717, 1.165) is 6.42 Å². The number of terminal acetylenes is 1. The van der Waals surface area contributed by atoms with Crippen molar-refractivity contribution in [3.05, 3.63) is 60.6 Å². The second-order valence-corrected chi connectivity index (χ2v) is 7.67. The van der Waals surface area contributed by atoms with Crippen molar-refractivity contribution in [2.75, 3.05) is 18.1 Å². The van der Waals surface area contributed by atoms with E-state index in [0.29, 0.717) is 50.2 Å². The minimum atomic E-state index is -1.03. The topological polar surface area (TPSA) is 76.8 Å². The van der Waals surface area contributed by atoms with Gasteiger partial charge in [-0.2, -0.15) is 0 Å². The van der Waals surface area contributed by atoms with E-state index < -0.39 is 11.4 Å². The Balaban J connectivity index is 1.64. The first kappa shape index (κ1) is 20.8. The number of fused-ring (bicyclic) bond motifs is 1. The summed E-state index contributed by atoms with van der Waals surface area (Å²) < 4.78 is 7.27. The van der Waals surface area contributed by atoms with Crippen molar-refractivity contribution in [1.82, 2.24) is 14.6 Å². The first-order valence-electron chi connectivity index (χ1n) is 10.4. The summed E-state index contributed by atoms with van der Waals surface area (Å²) in [6, 6.07) is 13.6. The van der Waals surface area contributed by atoms with Crippen molar-refractivity contribution in [2.24, 2.45) is 0 Å². The molecule has 0 saturated carbocycles. The summed E-state index contributed by atoms with van der Waals surface area (Å²) in [5, 5.41) is 7.94. The molecule has 1 amide bonds. The Labute approximate surface area is 181 Å². The Morgan fingerprint density at radius 1 is 1.19 bits per heavy atom. The predicted octanol–water partition coefficient (Wildman–Crippen LogP) is 2.84. The molecule has 0 unspecified atom stereocenters. The second-order valence-electron chi connectivity index (χ2n) is 7.67. The molecular formula is C24H24N4O3. The van der Waals surface area contributed by atoms with Crippen molar-refractivity contribution in [2.45, 2.75) is 37.6 Å². The van der Waals surface area contributed by atoms with E-state index in [4.69, 9.17) is 11.2 Å². The molecule has 0 N–H and O–H groups in total. The van der Waals surface area contributed by atoms with Gasteiger partial charge in [-0.25, -0.2) is 0 Å². The fourth-order valence-corrected chi connectivity index (χ4v) is 4.24. The summed E-state index contributed by atoms with van der Waals surface area (Å²) >= 11 is 0. The predicted molar refractivity (Wildman–Crippen MR) is 116 cm³/mol. The smallest absolute Gasteiger partial charge is 0.303 e. The van der Waals surface area contributed by atoms with Gasteiger partial charge < -0.3 is 4.74 Å². The number of Topliss-reactive ketones (excluding diaryl/α,β-unsaturated/α-hetero) is 1. The molecule has 1 aliphatic heterocycles. The van der Waals surface area contributed by atoms with Crippen LogP contribution in [0.2, 0.25) is 0 Å². The van der Waals surface area contributed by atoms with Crippen LogP contribution in [0.5, 0.6) is 0 Å². The van der Waals surface area contributed by atoms with Crippen LogP contribution >= 0.6 is 0 Å². The van der Waals surface area contributed by atoms with Gasteiger partial charge in [-0.15, -0.1) is 16.6 Å². The van der Waals surface area contributed by atoms with E-state index in [2.05, 4.69) is 28.3 Å². The number of carbonyl (C=O) groups excluding carboxylic acids is 2. The lowest BCUT2D eigenvalue weighted by Gasteiger charge is -2.44. The van der Waals surface area contributed by atoms with Crippen LogP contribution in [0.4, 0.5) is 5.69 Å². The number of benzene rings is 1. The molecule has 3 heterocycles. The lowest BCUT2D eigenvalue weighted by molar-refractivity contribution is -0.131. The minimum Gasteiger partial charge on any atom is -0.381 e. The van der Waals surface area contributed by atoms with Crippen molar-refractivity contribution >= 4 is 23.0 Å². The van der Waals surface area contributed by atoms with Crippen LogP contribution in [0.3, 0.4) is 0 Å². The molecule has 0 radical (unpaired) electrons. The molecule has 1 saturated heterocycles. The highest BCUT2D eigenvalue weighted by molar-refractivity contribution is 6.11. The zero-order valence-electron chi connectivity index (χ0n) is 17.2. The fraction of sp³-hybridized carbons (Fsp3) is 0.333. The van der Waals surface area contributed by atoms with Crippen LogP contribution in [0.15, 0.2) is 55.0 Å². The van der Waals surface area contributed by atoms with Gasteiger partial charge in [-0.05, 0) is 30.4 Å². The fourth-order valence-electron chi connectivity index (χ4n) is 4.24.